The first kappa shape index (κ1) is 19.2. The highest BCUT2D eigenvalue weighted by Gasteiger charge is 2.32. The third kappa shape index (κ3) is 4.60. The van der Waals surface area contributed by atoms with Crippen LogP contribution in [0.5, 0.6) is 0 Å². The third-order valence-corrected chi connectivity index (χ3v) is 4.36. The molecule has 2 unspecified atom stereocenters. The molecule has 0 saturated carbocycles. The lowest BCUT2D eigenvalue weighted by atomic mass is 10.0. The Morgan fingerprint density at radius 3 is 2.67 bits per heavy atom. The van der Waals surface area contributed by atoms with Crippen molar-refractivity contribution in [1.29, 1.82) is 0 Å². The summed E-state index contributed by atoms with van der Waals surface area (Å²) < 4.78 is 51.1. The molecule has 2 aromatic heterocycles. The number of carbonyl (C=O) groups is 1. The molecule has 5 nitrogen and oxygen atoms in total. The molecule has 1 amide bonds. The van der Waals surface area contributed by atoms with Crippen LogP contribution in [0.15, 0.2) is 30.6 Å². The Labute approximate surface area is 153 Å². The average molecular weight is 382 g/mol. The van der Waals surface area contributed by atoms with Gasteiger partial charge in [0.15, 0.2) is 0 Å². The van der Waals surface area contributed by atoms with Crippen molar-refractivity contribution in [2.45, 2.75) is 38.3 Å². The average Bonchev–Trinajstić information content (AvgIpc) is 3.07. The smallest absolute Gasteiger partial charge is 0.349 e. The number of halogens is 4. The van der Waals surface area contributed by atoms with Crippen molar-refractivity contribution in [2.75, 3.05) is 6.54 Å². The van der Waals surface area contributed by atoms with Crippen LogP contribution in [-0.4, -0.2) is 34.6 Å². The highest BCUT2D eigenvalue weighted by Crippen LogP contribution is 2.30. The zero-order valence-corrected chi connectivity index (χ0v) is 14.5. The number of pyridine rings is 2. The summed E-state index contributed by atoms with van der Waals surface area (Å²) in [4.78, 5) is 19.7. The molecule has 1 aliphatic rings. The largest absolute Gasteiger partial charge is 0.433 e. The minimum Gasteiger partial charge on any atom is -0.349 e. The van der Waals surface area contributed by atoms with Crippen LogP contribution in [0.25, 0.3) is 11.1 Å². The molecule has 2 N–H and O–H groups in total. The van der Waals surface area contributed by atoms with Crippen LogP contribution in [-0.2, 0) is 17.5 Å². The summed E-state index contributed by atoms with van der Waals surface area (Å²) in [6, 6.07) is 3.41. The molecule has 2 atom stereocenters. The number of nitrogens with zero attached hydrogens (tertiary/aromatic N) is 2. The van der Waals surface area contributed by atoms with Gasteiger partial charge in [-0.15, -0.1) is 0 Å². The van der Waals surface area contributed by atoms with E-state index in [9.17, 15) is 22.4 Å². The molecule has 2 aromatic rings. The molecule has 0 radical (unpaired) electrons. The molecule has 1 saturated heterocycles. The van der Waals surface area contributed by atoms with E-state index in [1.54, 1.807) is 19.2 Å². The first-order valence-corrected chi connectivity index (χ1v) is 8.38. The number of aromatic nitrogens is 2. The Hall–Kier alpha value is -2.55. The number of aryl methyl sites for hydroxylation is 1. The Kier molecular flexibility index (Phi) is 5.41. The highest BCUT2D eigenvalue weighted by molar-refractivity contribution is 5.82. The summed E-state index contributed by atoms with van der Waals surface area (Å²) in [5.74, 6) is -0.310. The number of rotatable bonds is 4. The first-order valence-electron chi connectivity index (χ1n) is 8.38. The fourth-order valence-electron chi connectivity index (χ4n) is 2.89. The van der Waals surface area contributed by atoms with Crippen LogP contribution < -0.4 is 10.6 Å². The van der Waals surface area contributed by atoms with Gasteiger partial charge in [-0.1, -0.05) is 6.07 Å². The van der Waals surface area contributed by atoms with Gasteiger partial charge >= 0.3 is 6.18 Å². The van der Waals surface area contributed by atoms with E-state index in [1.165, 1.54) is 6.07 Å². The molecule has 0 spiro atoms. The van der Waals surface area contributed by atoms with Gasteiger partial charge in [-0.2, -0.15) is 13.2 Å². The van der Waals surface area contributed by atoms with Gasteiger partial charge in [-0.3, -0.25) is 14.8 Å². The Morgan fingerprint density at radius 1 is 1.30 bits per heavy atom. The van der Waals surface area contributed by atoms with Crippen molar-refractivity contribution in [1.82, 2.24) is 20.6 Å². The lowest BCUT2D eigenvalue weighted by molar-refractivity contribution is -0.141. The molecule has 27 heavy (non-hydrogen) atoms. The van der Waals surface area contributed by atoms with Crippen molar-refractivity contribution in [3.05, 3.63) is 47.5 Å². The molecule has 144 valence electrons. The van der Waals surface area contributed by atoms with Gasteiger partial charge < -0.3 is 10.6 Å². The van der Waals surface area contributed by atoms with E-state index >= 15 is 0 Å². The summed E-state index contributed by atoms with van der Waals surface area (Å²) in [5.41, 5.74) is 1.55. The Bertz CT molecular complexity index is 823. The standard InChI is InChI=1S/C18H18F4N4O/c1-10-6-23-13(9-26-17(27)15-4-12(19)8-24-15)5-14(10)11-2-3-16(25-7-11)18(20,21)22/h2-3,5-7,12,15,24H,4,8-9H2,1H3,(H,26,27). The highest BCUT2D eigenvalue weighted by atomic mass is 19.4. The molecule has 0 aromatic carbocycles. The van der Waals surface area contributed by atoms with Gasteiger partial charge in [-0.25, -0.2) is 4.39 Å². The normalized spacial score (nSPS) is 19.9. The lowest BCUT2D eigenvalue weighted by Gasteiger charge is -2.12. The minimum absolute atomic E-state index is 0.134. The summed E-state index contributed by atoms with van der Waals surface area (Å²) >= 11 is 0. The van der Waals surface area contributed by atoms with Crippen molar-refractivity contribution in [3.63, 3.8) is 0 Å². The summed E-state index contributed by atoms with van der Waals surface area (Å²) in [6.45, 7) is 2.08. The van der Waals surface area contributed by atoms with Crippen LogP contribution in [0, 0.1) is 6.92 Å². The van der Waals surface area contributed by atoms with E-state index < -0.39 is 24.1 Å². The summed E-state index contributed by atoms with van der Waals surface area (Å²) in [5, 5.41) is 5.49. The quantitative estimate of drug-likeness (QED) is 0.798. The first-order chi connectivity index (χ1) is 12.7. The molecule has 9 heteroatoms. The number of hydrogen-bond acceptors (Lipinski definition) is 4. The summed E-state index contributed by atoms with van der Waals surface area (Å²) in [7, 11) is 0. The van der Waals surface area contributed by atoms with Crippen LogP contribution >= 0.6 is 0 Å². The molecule has 1 aliphatic heterocycles. The zero-order valence-electron chi connectivity index (χ0n) is 14.5. The fourth-order valence-corrected chi connectivity index (χ4v) is 2.89. The number of amides is 1. The topological polar surface area (TPSA) is 66.9 Å². The van der Waals surface area contributed by atoms with Crippen molar-refractivity contribution in [2.24, 2.45) is 0 Å². The van der Waals surface area contributed by atoms with Gasteiger partial charge in [0.05, 0.1) is 18.3 Å². The van der Waals surface area contributed by atoms with E-state index in [-0.39, 0.29) is 25.4 Å². The predicted molar refractivity (Wildman–Crippen MR) is 90.4 cm³/mol. The number of nitrogens with one attached hydrogen (secondary N) is 2. The second-order valence-electron chi connectivity index (χ2n) is 6.43. The van der Waals surface area contributed by atoms with E-state index in [1.807, 2.05) is 0 Å². The molecule has 0 aliphatic carbocycles. The molecular weight excluding hydrogens is 364 g/mol. The number of carbonyl (C=O) groups excluding carboxylic acids is 1. The maximum atomic E-state index is 13.2. The molecule has 3 rings (SSSR count). The molecule has 0 bridgehead atoms. The molecule has 1 fully saturated rings. The van der Waals surface area contributed by atoms with Crippen LogP contribution in [0.4, 0.5) is 17.6 Å². The van der Waals surface area contributed by atoms with Crippen LogP contribution in [0.1, 0.15) is 23.4 Å². The zero-order chi connectivity index (χ0) is 19.6. The van der Waals surface area contributed by atoms with Gasteiger partial charge in [0.2, 0.25) is 5.91 Å². The minimum atomic E-state index is -4.49. The van der Waals surface area contributed by atoms with Gasteiger partial charge in [0.1, 0.15) is 11.9 Å². The van der Waals surface area contributed by atoms with Crippen molar-refractivity contribution in [3.8, 4) is 11.1 Å². The maximum Gasteiger partial charge on any atom is 0.433 e. The third-order valence-electron chi connectivity index (χ3n) is 4.36. The Morgan fingerprint density at radius 2 is 2.07 bits per heavy atom. The monoisotopic (exact) mass is 382 g/mol. The maximum absolute atomic E-state index is 13.2. The molecular formula is C18H18F4N4O. The van der Waals surface area contributed by atoms with Gasteiger partial charge in [0.25, 0.3) is 0 Å². The van der Waals surface area contributed by atoms with Crippen LogP contribution in [0.3, 0.4) is 0 Å². The SMILES string of the molecule is Cc1cnc(CNC(=O)C2CC(F)CN2)cc1-c1ccc(C(F)(F)F)nc1. The summed E-state index contributed by atoms with van der Waals surface area (Å²) in [6.07, 6.45) is -2.64. The van der Waals surface area contributed by atoms with Crippen molar-refractivity contribution >= 4 is 5.91 Å². The fraction of sp³-hybridized carbons (Fsp3) is 0.389. The molecule has 3 heterocycles. The number of alkyl halides is 4. The van der Waals surface area contributed by atoms with Crippen LogP contribution in [0.2, 0.25) is 0 Å². The second-order valence-corrected chi connectivity index (χ2v) is 6.43. The predicted octanol–water partition coefficient (Wildman–Crippen LogP) is 2.79. The second kappa shape index (κ2) is 7.59. The lowest BCUT2D eigenvalue weighted by Crippen LogP contribution is -2.40. The van der Waals surface area contributed by atoms with E-state index in [2.05, 4.69) is 20.6 Å². The number of hydrogen-bond donors (Lipinski definition) is 2. The van der Waals surface area contributed by atoms with E-state index in [0.29, 0.717) is 16.8 Å². The van der Waals surface area contributed by atoms with E-state index in [4.69, 9.17) is 0 Å². The van der Waals surface area contributed by atoms with Gasteiger partial charge in [-0.05, 0) is 30.2 Å². The van der Waals surface area contributed by atoms with Crippen molar-refractivity contribution < 1.29 is 22.4 Å². The Balaban J connectivity index is 1.71. The van der Waals surface area contributed by atoms with Gasteiger partial charge in [0, 0.05) is 30.9 Å². The van der Waals surface area contributed by atoms with E-state index in [0.717, 1.165) is 17.8 Å².